The van der Waals surface area contributed by atoms with Gasteiger partial charge in [-0.1, -0.05) is 84.4 Å². The number of benzene rings is 3. The van der Waals surface area contributed by atoms with E-state index in [1.165, 1.54) is 0 Å². The summed E-state index contributed by atoms with van der Waals surface area (Å²) in [5.41, 5.74) is 5.44. The van der Waals surface area contributed by atoms with Crippen LogP contribution in [0.25, 0.3) is 22.6 Å². The van der Waals surface area contributed by atoms with E-state index < -0.39 is 0 Å². The molecule has 1 aromatic heterocycles. The van der Waals surface area contributed by atoms with Crippen LogP contribution in [0.1, 0.15) is 41.5 Å². The van der Waals surface area contributed by atoms with Gasteiger partial charge in [-0.2, -0.15) is 0 Å². The molecule has 4 nitrogen and oxygen atoms in total. The molecule has 1 atom stereocenters. The van der Waals surface area contributed by atoms with Gasteiger partial charge in [0.05, 0.1) is 6.04 Å². The van der Waals surface area contributed by atoms with Crippen molar-refractivity contribution in [2.75, 3.05) is 0 Å². The van der Waals surface area contributed by atoms with Crippen LogP contribution < -0.4 is 5.32 Å². The Morgan fingerprint density at radius 3 is 2.23 bits per heavy atom. The van der Waals surface area contributed by atoms with Gasteiger partial charge in [0.2, 0.25) is 0 Å². The van der Waals surface area contributed by atoms with Crippen molar-refractivity contribution in [3.63, 3.8) is 0 Å². The minimum absolute atomic E-state index is 0.112. The molecule has 1 unspecified atom stereocenters. The van der Waals surface area contributed by atoms with E-state index >= 15 is 0 Å². The maximum Gasteiger partial charge on any atom is 0.270 e. The normalized spacial score (nSPS) is 11.8. The van der Waals surface area contributed by atoms with Crippen LogP contribution in [-0.4, -0.2) is 15.5 Å². The molecule has 31 heavy (non-hydrogen) atoms. The van der Waals surface area contributed by atoms with Gasteiger partial charge in [-0.15, -0.1) is 0 Å². The molecule has 0 bridgehead atoms. The number of amides is 1. The van der Waals surface area contributed by atoms with Crippen molar-refractivity contribution in [2.45, 2.75) is 33.4 Å². The largest absolute Gasteiger partial charge is 0.344 e. The van der Waals surface area contributed by atoms with Crippen molar-refractivity contribution in [1.29, 1.82) is 0 Å². The molecule has 1 heterocycles. The number of aromatic nitrogens is 2. The number of hydrogen-bond donors (Lipinski definition) is 1. The molecule has 1 N–H and O–H groups in total. The van der Waals surface area contributed by atoms with Crippen molar-refractivity contribution in [2.24, 2.45) is 0 Å². The van der Waals surface area contributed by atoms with E-state index in [4.69, 9.17) is 4.98 Å². The van der Waals surface area contributed by atoms with Crippen molar-refractivity contribution in [1.82, 2.24) is 14.9 Å². The summed E-state index contributed by atoms with van der Waals surface area (Å²) < 4.78 is 2.01. The summed E-state index contributed by atoms with van der Waals surface area (Å²) in [6.45, 7) is 6.75. The molecule has 4 aromatic rings. The fourth-order valence-electron chi connectivity index (χ4n) is 3.88. The van der Waals surface area contributed by atoms with Gasteiger partial charge >= 0.3 is 0 Å². The highest BCUT2D eigenvalue weighted by Gasteiger charge is 2.25. The Balaban J connectivity index is 1.82. The quantitative estimate of drug-likeness (QED) is 0.422. The number of nitrogens with zero attached hydrogens (tertiary/aromatic N) is 2. The number of carbonyl (C=O) groups is 1. The Hall–Kier alpha value is -3.66. The highest BCUT2D eigenvalue weighted by Crippen LogP contribution is 2.30. The zero-order valence-corrected chi connectivity index (χ0v) is 18.2. The van der Waals surface area contributed by atoms with E-state index in [-0.39, 0.29) is 11.9 Å². The van der Waals surface area contributed by atoms with E-state index in [0.717, 1.165) is 28.1 Å². The van der Waals surface area contributed by atoms with Crippen molar-refractivity contribution < 1.29 is 4.79 Å². The van der Waals surface area contributed by atoms with Crippen molar-refractivity contribution >= 4 is 5.91 Å². The molecule has 0 saturated heterocycles. The Labute approximate surface area is 183 Å². The predicted octanol–water partition coefficient (Wildman–Crippen LogP) is 6.04. The Morgan fingerprint density at radius 2 is 1.58 bits per heavy atom. The van der Waals surface area contributed by atoms with Crippen LogP contribution in [0.5, 0.6) is 0 Å². The number of rotatable bonds is 6. The third-order valence-electron chi connectivity index (χ3n) is 5.47. The highest BCUT2D eigenvalue weighted by atomic mass is 16.2. The smallest absolute Gasteiger partial charge is 0.270 e. The van der Waals surface area contributed by atoms with Gasteiger partial charge in [-0.25, -0.2) is 4.98 Å². The molecule has 4 rings (SSSR count). The molecule has 1 amide bonds. The van der Waals surface area contributed by atoms with Crippen molar-refractivity contribution in [3.05, 3.63) is 102 Å². The second-order valence-corrected chi connectivity index (χ2v) is 7.72. The summed E-state index contributed by atoms with van der Waals surface area (Å²) in [6, 6.07) is 28.1. The summed E-state index contributed by atoms with van der Waals surface area (Å²) >= 11 is 0. The molecule has 3 aromatic carbocycles. The molecule has 0 aliphatic carbocycles. The average molecular weight is 410 g/mol. The number of nitrogens with one attached hydrogen (secondary N) is 1. The van der Waals surface area contributed by atoms with Gasteiger partial charge < -0.3 is 9.88 Å². The predicted molar refractivity (Wildman–Crippen MR) is 126 cm³/mol. The summed E-state index contributed by atoms with van der Waals surface area (Å²) in [5, 5.41) is 3.18. The molecule has 0 saturated carbocycles. The van der Waals surface area contributed by atoms with E-state index in [1.807, 2.05) is 91.2 Å². The third kappa shape index (κ3) is 4.29. The summed E-state index contributed by atoms with van der Waals surface area (Å²) in [4.78, 5) is 18.5. The number of aryl methyl sites for hydroxylation is 1. The first-order valence-corrected chi connectivity index (χ1v) is 10.7. The highest BCUT2D eigenvalue weighted by molar-refractivity contribution is 5.99. The third-order valence-corrected chi connectivity index (χ3v) is 5.47. The van der Waals surface area contributed by atoms with Gasteiger partial charge in [0.15, 0.2) is 0 Å². The lowest BCUT2D eigenvalue weighted by molar-refractivity contribution is 0.0931. The lowest BCUT2D eigenvalue weighted by Crippen LogP contribution is -2.29. The fourth-order valence-corrected chi connectivity index (χ4v) is 3.88. The molecule has 0 aliphatic rings. The topological polar surface area (TPSA) is 46.9 Å². The summed E-state index contributed by atoms with van der Waals surface area (Å²) in [7, 11) is 0. The lowest BCUT2D eigenvalue weighted by atomic mass is 10.1. The molecule has 0 radical (unpaired) electrons. The van der Waals surface area contributed by atoms with Gasteiger partial charge in [-0.05, 0) is 32.4 Å². The number of carbonyl (C=O) groups excluding carboxylic acids is 1. The molecule has 0 spiro atoms. The monoisotopic (exact) mass is 409 g/mol. The van der Waals surface area contributed by atoms with E-state index in [2.05, 4.69) is 24.4 Å². The lowest BCUT2D eigenvalue weighted by Gasteiger charge is -2.16. The average Bonchev–Trinajstić information content (AvgIpc) is 3.20. The zero-order valence-electron chi connectivity index (χ0n) is 18.2. The standard InChI is InChI=1S/C27H27N3O/c1-4-30-25(27(31)28-20(3)21-13-7-5-8-14-21)24(23-17-11-12-19(2)18-23)29-26(30)22-15-9-6-10-16-22/h5-18,20H,4H2,1-3H3,(H,28,31). The minimum Gasteiger partial charge on any atom is -0.344 e. The van der Waals surface area contributed by atoms with Crippen molar-refractivity contribution in [3.8, 4) is 22.6 Å². The summed E-state index contributed by atoms with van der Waals surface area (Å²) in [6.07, 6.45) is 0. The minimum atomic E-state index is -0.121. The number of imidazole rings is 1. The SMILES string of the molecule is CCn1c(-c2ccccc2)nc(-c2cccc(C)c2)c1C(=O)NC(C)c1ccccc1. The Morgan fingerprint density at radius 1 is 0.935 bits per heavy atom. The van der Waals surface area contributed by atoms with Crippen LogP contribution in [0, 0.1) is 6.92 Å². The van der Waals surface area contributed by atoms with Gasteiger partial charge in [0, 0.05) is 17.7 Å². The van der Waals surface area contributed by atoms with E-state index in [0.29, 0.717) is 17.9 Å². The van der Waals surface area contributed by atoms with E-state index in [1.54, 1.807) is 0 Å². The number of hydrogen-bond acceptors (Lipinski definition) is 2. The molecule has 0 fully saturated rings. The van der Waals surface area contributed by atoms with E-state index in [9.17, 15) is 4.79 Å². The van der Waals surface area contributed by atoms with Crippen LogP contribution in [0.15, 0.2) is 84.9 Å². The van der Waals surface area contributed by atoms with Crippen LogP contribution in [0.2, 0.25) is 0 Å². The second-order valence-electron chi connectivity index (χ2n) is 7.72. The molecule has 0 aliphatic heterocycles. The zero-order chi connectivity index (χ0) is 21.8. The molecular formula is C27H27N3O. The Bertz CT molecular complexity index is 1180. The van der Waals surface area contributed by atoms with Crippen LogP contribution in [0.4, 0.5) is 0 Å². The molecule has 4 heteroatoms. The van der Waals surface area contributed by atoms with Crippen LogP contribution in [0.3, 0.4) is 0 Å². The Kier molecular flexibility index (Phi) is 5.99. The first-order valence-electron chi connectivity index (χ1n) is 10.7. The van der Waals surface area contributed by atoms with Gasteiger partial charge in [0.1, 0.15) is 17.2 Å². The first kappa shape index (κ1) is 20.6. The second kappa shape index (κ2) is 9.00. The summed E-state index contributed by atoms with van der Waals surface area (Å²) in [5.74, 6) is 0.682. The van der Waals surface area contributed by atoms with Crippen LogP contribution in [-0.2, 0) is 6.54 Å². The van der Waals surface area contributed by atoms with Gasteiger partial charge in [-0.3, -0.25) is 4.79 Å². The van der Waals surface area contributed by atoms with Gasteiger partial charge in [0.25, 0.3) is 5.91 Å². The fraction of sp³-hybridized carbons (Fsp3) is 0.185. The maximum atomic E-state index is 13.6. The molecule has 156 valence electrons. The molecular weight excluding hydrogens is 382 g/mol. The maximum absolute atomic E-state index is 13.6. The van der Waals surface area contributed by atoms with Crippen LogP contribution >= 0.6 is 0 Å². The first-order chi connectivity index (χ1) is 15.1.